The van der Waals surface area contributed by atoms with Crippen molar-refractivity contribution >= 4 is 17.5 Å². The van der Waals surface area contributed by atoms with E-state index in [0.717, 1.165) is 12.0 Å². The Morgan fingerprint density at radius 2 is 1.91 bits per heavy atom. The third-order valence-corrected chi connectivity index (χ3v) is 6.78. The van der Waals surface area contributed by atoms with Crippen molar-refractivity contribution in [3.63, 3.8) is 0 Å². The first-order valence-electron chi connectivity index (χ1n) is 12.0. The van der Waals surface area contributed by atoms with Crippen LogP contribution in [0.25, 0.3) is 0 Å². The fraction of sp³-hybridized carbons (Fsp3) is 0.481. The lowest BCUT2D eigenvalue weighted by Gasteiger charge is -2.47. The van der Waals surface area contributed by atoms with Crippen molar-refractivity contribution in [1.29, 1.82) is 5.26 Å². The molecule has 2 fully saturated rings. The topological polar surface area (TPSA) is 101 Å². The summed E-state index contributed by atoms with van der Waals surface area (Å²) in [6, 6.07) is 9.62. The molecule has 2 unspecified atom stereocenters. The molecule has 1 N–H and O–H groups in total. The van der Waals surface area contributed by atoms with E-state index in [1.165, 1.54) is 9.80 Å². The molecule has 2 aliphatic rings. The zero-order valence-corrected chi connectivity index (χ0v) is 20.8. The number of anilines is 1. The number of benzene rings is 1. The number of hydrogen-bond acceptors (Lipinski definition) is 6. The molecule has 1 aromatic carbocycles. The fourth-order valence-electron chi connectivity index (χ4n) is 4.87. The lowest BCUT2D eigenvalue weighted by atomic mass is 9.87. The summed E-state index contributed by atoms with van der Waals surface area (Å²) in [6.45, 7) is 8.95. The van der Waals surface area contributed by atoms with Gasteiger partial charge in [-0.2, -0.15) is 5.26 Å². The average Bonchev–Trinajstić information content (AvgIpc) is 3.29. The van der Waals surface area contributed by atoms with Crippen LogP contribution < -0.4 is 4.90 Å². The number of pyridine rings is 1. The van der Waals surface area contributed by atoms with Crippen LogP contribution in [-0.4, -0.2) is 63.0 Å². The van der Waals surface area contributed by atoms with Crippen molar-refractivity contribution in [2.45, 2.75) is 63.6 Å². The number of nitriles is 1. The van der Waals surface area contributed by atoms with Gasteiger partial charge in [0.1, 0.15) is 12.1 Å². The zero-order chi connectivity index (χ0) is 25.4. The molecule has 184 valence electrons. The zero-order valence-electron chi connectivity index (χ0n) is 20.8. The van der Waals surface area contributed by atoms with Gasteiger partial charge in [-0.15, -0.1) is 0 Å². The maximum Gasteiger partial charge on any atom is 0.251 e. The van der Waals surface area contributed by atoms with E-state index in [4.69, 9.17) is 0 Å². The molecule has 3 heterocycles. The Kier molecular flexibility index (Phi) is 6.56. The van der Waals surface area contributed by atoms with Crippen LogP contribution in [0.1, 0.15) is 57.7 Å². The molecule has 2 aromatic rings. The van der Waals surface area contributed by atoms with Crippen molar-refractivity contribution in [3.05, 3.63) is 59.9 Å². The van der Waals surface area contributed by atoms with Crippen molar-refractivity contribution in [1.82, 2.24) is 14.8 Å². The predicted molar refractivity (Wildman–Crippen MR) is 132 cm³/mol. The third kappa shape index (κ3) is 5.01. The lowest BCUT2D eigenvalue weighted by molar-refractivity contribution is -0.154. The first kappa shape index (κ1) is 24.7. The standard InChI is InChI=1S/C27H33N5O3/c1-26(2,3)20-9-11-21(12-10-20)32(24(33)22-8-6-14-30(22)18-28)23(19-7-5-13-29-15-19)25(34)31-16-27(4,35)17-31/h5,7,9-13,15,22-23,35H,6,8,14,16-17H2,1-4H3. The van der Waals surface area contributed by atoms with Crippen LogP contribution >= 0.6 is 0 Å². The van der Waals surface area contributed by atoms with Crippen LogP contribution in [0.15, 0.2) is 48.8 Å². The number of hydrogen-bond donors (Lipinski definition) is 1. The van der Waals surface area contributed by atoms with Crippen LogP contribution in [0.2, 0.25) is 0 Å². The van der Waals surface area contributed by atoms with Crippen molar-refractivity contribution in [3.8, 4) is 6.19 Å². The highest BCUT2D eigenvalue weighted by atomic mass is 16.3. The van der Waals surface area contributed by atoms with Crippen LogP contribution in [-0.2, 0) is 15.0 Å². The Bertz CT molecular complexity index is 1110. The van der Waals surface area contributed by atoms with Crippen LogP contribution in [0.4, 0.5) is 5.69 Å². The lowest BCUT2D eigenvalue weighted by Crippen LogP contribution is -2.64. The second kappa shape index (κ2) is 9.31. The Morgan fingerprint density at radius 3 is 2.46 bits per heavy atom. The smallest absolute Gasteiger partial charge is 0.251 e. The summed E-state index contributed by atoms with van der Waals surface area (Å²) in [5.74, 6) is -0.568. The minimum atomic E-state index is -0.964. The summed E-state index contributed by atoms with van der Waals surface area (Å²) in [5, 5.41) is 19.9. The van der Waals surface area contributed by atoms with Gasteiger partial charge in [0.15, 0.2) is 6.19 Å². The van der Waals surface area contributed by atoms with E-state index < -0.39 is 17.7 Å². The fourth-order valence-corrected chi connectivity index (χ4v) is 4.87. The number of nitrogens with zero attached hydrogens (tertiary/aromatic N) is 5. The molecule has 8 nitrogen and oxygen atoms in total. The highest BCUT2D eigenvalue weighted by Crippen LogP contribution is 2.35. The molecule has 2 aliphatic heterocycles. The Balaban J connectivity index is 1.81. The number of amides is 2. The molecule has 2 saturated heterocycles. The van der Waals surface area contributed by atoms with E-state index in [1.807, 2.05) is 24.3 Å². The van der Waals surface area contributed by atoms with E-state index in [9.17, 15) is 20.0 Å². The van der Waals surface area contributed by atoms with E-state index >= 15 is 0 Å². The van der Waals surface area contributed by atoms with Gasteiger partial charge in [0.2, 0.25) is 0 Å². The number of carbonyl (C=O) groups is 2. The molecule has 2 atom stereocenters. The Labute approximate surface area is 206 Å². The monoisotopic (exact) mass is 475 g/mol. The van der Waals surface area contributed by atoms with Gasteiger partial charge < -0.3 is 10.0 Å². The van der Waals surface area contributed by atoms with E-state index in [2.05, 4.69) is 31.9 Å². The van der Waals surface area contributed by atoms with Gasteiger partial charge in [-0.1, -0.05) is 39.0 Å². The number of β-amino-alcohol motifs (C(OH)–C–C–N with tert-alkyl or cyclic N) is 1. The summed E-state index contributed by atoms with van der Waals surface area (Å²) in [7, 11) is 0. The summed E-state index contributed by atoms with van der Waals surface area (Å²) < 4.78 is 0. The Morgan fingerprint density at radius 1 is 1.23 bits per heavy atom. The molecule has 2 amide bonds. The molecule has 0 spiro atoms. The number of rotatable bonds is 5. The average molecular weight is 476 g/mol. The first-order valence-corrected chi connectivity index (χ1v) is 12.0. The SMILES string of the molecule is CC1(O)CN(C(=O)C(c2cccnc2)N(C(=O)C2CCCN2C#N)c2ccc(C(C)(C)C)cc2)C1. The summed E-state index contributed by atoms with van der Waals surface area (Å²) in [6.07, 6.45) is 6.65. The summed E-state index contributed by atoms with van der Waals surface area (Å²) in [4.78, 5) is 36.7. The maximum absolute atomic E-state index is 14.1. The van der Waals surface area contributed by atoms with Crippen LogP contribution in [0.3, 0.4) is 0 Å². The van der Waals surface area contributed by atoms with Gasteiger partial charge >= 0.3 is 0 Å². The van der Waals surface area contributed by atoms with Gasteiger partial charge in [0.05, 0.1) is 18.7 Å². The molecule has 8 heteroatoms. The highest BCUT2D eigenvalue weighted by Gasteiger charge is 2.46. The quantitative estimate of drug-likeness (QED) is 0.668. The van der Waals surface area contributed by atoms with Crippen molar-refractivity contribution in [2.24, 2.45) is 0 Å². The maximum atomic E-state index is 14.1. The normalized spacial score (nSPS) is 20.1. The number of likely N-dealkylation sites (tertiary alicyclic amines) is 2. The van der Waals surface area contributed by atoms with Gasteiger partial charge in [-0.3, -0.25) is 24.4 Å². The van der Waals surface area contributed by atoms with E-state index in [-0.39, 0.29) is 30.3 Å². The molecule has 1 aromatic heterocycles. The van der Waals surface area contributed by atoms with Gasteiger partial charge in [0.25, 0.3) is 11.8 Å². The van der Waals surface area contributed by atoms with Crippen molar-refractivity contribution < 1.29 is 14.7 Å². The van der Waals surface area contributed by atoms with Gasteiger partial charge in [0, 0.05) is 30.2 Å². The number of aromatic nitrogens is 1. The molecular weight excluding hydrogens is 442 g/mol. The molecular formula is C27H33N5O3. The molecule has 0 saturated carbocycles. The highest BCUT2D eigenvalue weighted by molar-refractivity contribution is 6.04. The summed E-state index contributed by atoms with van der Waals surface area (Å²) >= 11 is 0. The van der Waals surface area contributed by atoms with Crippen LogP contribution in [0, 0.1) is 11.5 Å². The Hall–Kier alpha value is -3.44. The first-order chi connectivity index (χ1) is 16.5. The van der Waals surface area contributed by atoms with E-state index in [1.54, 1.807) is 36.4 Å². The number of aliphatic hydroxyl groups is 1. The van der Waals surface area contributed by atoms with Gasteiger partial charge in [-0.25, -0.2) is 0 Å². The predicted octanol–water partition coefficient (Wildman–Crippen LogP) is 2.99. The van der Waals surface area contributed by atoms with Crippen LogP contribution in [0.5, 0.6) is 0 Å². The molecule has 35 heavy (non-hydrogen) atoms. The number of carbonyl (C=O) groups excluding carboxylic acids is 2. The molecule has 0 bridgehead atoms. The molecule has 4 rings (SSSR count). The second-order valence-electron chi connectivity index (χ2n) is 10.8. The second-order valence-corrected chi connectivity index (χ2v) is 10.8. The minimum absolute atomic E-state index is 0.0712. The third-order valence-electron chi connectivity index (χ3n) is 6.78. The largest absolute Gasteiger partial charge is 0.386 e. The molecule has 0 aliphatic carbocycles. The van der Waals surface area contributed by atoms with Crippen molar-refractivity contribution in [2.75, 3.05) is 24.5 Å². The molecule has 0 radical (unpaired) electrons. The van der Waals surface area contributed by atoms with Gasteiger partial charge in [-0.05, 0) is 48.9 Å². The van der Waals surface area contributed by atoms with E-state index in [0.29, 0.717) is 24.2 Å². The minimum Gasteiger partial charge on any atom is -0.386 e. The summed E-state index contributed by atoms with van der Waals surface area (Å²) in [5.41, 5.74) is 1.26.